The van der Waals surface area contributed by atoms with Gasteiger partial charge in [-0.25, -0.2) is 9.97 Å². The molecule has 0 aliphatic heterocycles. The van der Waals surface area contributed by atoms with Crippen molar-refractivity contribution in [1.82, 2.24) is 9.97 Å². The van der Waals surface area contributed by atoms with Gasteiger partial charge < -0.3 is 25.3 Å². The highest BCUT2D eigenvalue weighted by molar-refractivity contribution is 9.10. The van der Waals surface area contributed by atoms with Crippen LogP contribution in [0.3, 0.4) is 0 Å². The van der Waals surface area contributed by atoms with Gasteiger partial charge in [0.1, 0.15) is 22.4 Å². The van der Waals surface area contributed by atoms with Crippen LogP contribution in [0.2, 0.25) is 0 Å². The molecule has 0 saturated carbocycles. The summed E-state index contributed by atoms with van der Waals surface area (Å²) in [6.07, 6.45) is 1.38. The maximum Gasteiger partial charge on any atom is 0.203 e. The third-order valence-electron chi connectivity index (χ3n) is 2.74. The summed E-state index contributed by atoms with van der Waals surface area (Å²) in [5.74, 6) is 2.48. The van der Waals surface area contributed by atoms with Gasteiger partial charge >= 0.3 is 0 Å². The number of methoxy groups -OCH3 is 3. The highest BCUT2D eigenvalue weighted by Crippen LogP contribution is 2.41. The fourth-order valence-electron chi connectivity index (χ4n) is 1.76. The lowest BCUT2D eigenvalue weighted by molar-refractivity contribution is 0.324. The number of hydrogen-bond donors (Lipinski definition) is 2. The van der Waals surface area contributed by atoms with E-state index in [-0.39, 0.29) is 0 Å². The summed E-state index contributed by atoms with van der Waals surface area (Å²) in [5, 5.41) is 3.12. The summed E-state index contributed by atoms with van der Waals surface area (Å²) in [6.45, 7) is 0. The molecule has 1 aromatic carbocycles. The molecule has 0 bridgehead atoms. The normalized spacial score (nSPS) is 10.1. The zero-order valence-corrected chi connectivity index (χ0v) is 13.4. The molecule has 21 heavy (non-hydrogen) atoms. The van der Waals surface area contributed by atoms with Crippen LogP contribution in [-0.4, -0.2) is 31.3 Å². The second kappa shape index (κ2) is 6.49. The summed E-state index contributed by atoms with van der Waals surface area (Å²) in [4.78, 5) is 8.01. The second-order valence-electron chi connectivity index (χ2n) is 3.96. The Hall–Kier alpha value is -2.22. The van der Waals surface area contributed by atoms with Crippen molar-refractivity contribution in [1.29, 1.82) is 0 Å². The van der Waals surface area contributed by atoms with E-state index in [4.69, 9.17) is 19.9 Å². The van der Waals surface area contributed by atoms with E-state index < -0.39 is 0 Å². The maximum absolute atomic E-state index is 5.72. The van der Waals surface area contributed by atoms with Gasteiger partial charge in [0.05, 0.1) is 21.3 Å². The molecular weight excluding hydrogens is 340 g/mol. The standard InChI is InChI=1S/C13H15BrN4O3/c1-19-8-4-7(5-9(20-2)11(8)21-3)18-13-10(14)12(15)16-6-17-13/h4-6H,1-3H3,(H3,15,16,17,18). The first-order valence-electron chi connectivity index (χ1n) is 5.93. The molecular formula is C13H15BrN4O3. The predicted molar refractivity (Wildman–Crippen MR) is 83.5 cm³/mol. The number of nitrogens with one attached hydrogen (secondary N) is 1. The number of hydrogen-bond acceptors (Lipinski definition) is 7. The third kappa shape index (κ3) is 3.10. The molecule has 0 aliphatic carbocycles. The molecule has 1 heterocycles. The van der Waals surface area contributed by atoms with E-state index in [0.29, 0.717) is 39.0 Å². The fraction of sp³-hybridized carbons (Fsp3) is 0.231. The van der Waals surface area contributed by atoms with E-state index in [9.17, 15) is 0 Å². The lowest BCUT2D eigenvalue weighted by Gasteiger charge is -2.15. The van der Waals surface area contributed by atoms with Crippen molar-refractivity contribution in [3.8, 4) is 17.2 Å². The molecule has 2 aromatic rings. The van der Waals surface area contributed by atoms with Crippen molar-refractivity contribution in [2.75, 3.05) is 32.4 Å². The Morgan fingerprint density at radius 2 is 1.67 bits per heavy atom. The van der Waals surface area contributed by atoms with E-state index in [2.05, 4.69) is 31.2 Å². The summed E-state index contributed by atoms with van der Waals surface area (Å²) >= 11 is 3.34. The summed E-state index contributed by atoms with van der Waals surface area (Å²) < 4.78 is 16.4. The van der Waals surface area contributed by atoms with Gasteiger partial charge in [0.15, 0.2) is 11.5 Å². The molecule has 2 rings (SSSR count). The second-order valence-corrected chi connectivity index (χ2v) is 4.75. The molecule has 112 valence electrons. The fourth-order valence-corrected chi connectivity index (χ4v) is 2.06. The Bertz CT molecular complexity index is 626. The first kappa shape index (κ1) is 15.2. The van der Waals surface area contributed by atoms with Crippen LogP contribution in [0.15, 0.2) is 22.9 Å². The molecule has 0 aliphatic rings. The van der Waals surface area contributed by atoms with Crippen LogP contribution in [0.25, 0.3) is 0 Å². The average molecular weight is 355 g/mol. The SMILES string of the molecule is COc1cc(Nc2ncnc(N)c2Br)cc(OC)c1OC. The number of anilines is 3. The zero-order valence-electron chi connectivity index (χ0n) is 11.8. The minimum absolute atomic E-state index is 0.347. The summed E-state index contributed by atoms with van der Waals surface area (Å²) in [5.41, 5.74) is 6.44. The van der Waals surface area contributed by atoms with Gasteiger partial charge in [-0.15, -0.1) is 0 Å². The van der Waals surface area contributed by atoms with E-state index in [1.807, 2.05) is 0 Å². The Morgan fingerprint density at radius 3 is 2.19 bits per heavy atom. The molecule has 0 atom stereocenters. The van der Waals surface area contributed by atoms with Crippen molar-refractivity contribution in [2.45, 2.75) is 0 Å². The van der Waals surface area contributed by atoms with Gasteiger partial charge in [-0.2, -0.15) is 0 Å². The molecule has 0 fully saturated rings. The van der Waals surface area contributed by atoms with Crippen LogP contribution in [0.5, 0.6) is 17.2 Å². The molecule has 0 radical (unpaired) electrons. The van der Waals surface area contributed by atoms with Crippen LogP contribution < -0.4 is 25.3 Å². The number of aromatic nitrogens is 2. The molecule has 0 amide bonds. The Kier molecular flexibility index (Phi) is 4.69. The van der Waals surface area contributed by atoms with Crippen molar-refractivity contribution in [3.63, 3.8) is 0 Å². The smallest absolute Gasteiger partial charge is 0.203 e. The van der Waals surface area contributed by atoms with Crippen LogP contribution in [0, 0.1) is 0 Å². The largest absolute Gasteiger partial charge is 0.493 e. The van der Waals surface area contributed by atoms with Crippen molar-refractivity contribution >= 4 is 33.3 Å². The highest BCUT2D eigenvalue weighted by Gasteiger charge is 2.14. The van der Waals surface area contributed by atoms with Crippen LogP contribution in [0.4, 0.5) is 17.3 Å². The van der Waals surface area contributed by atoms with Crippen LogP contribution in [-0.2, 0) is 0 Å². The molecule has 1 aromatic heterocycles. The van der Waals surface area contributed by atoms with Gasteiger partial charge in [0, 0.05) is 17.8 Å². The number of nitrogens with zero attached hydrogens (tertiary/aromatic N) is 2. The third-order valence-corrected chi connectivity index (χ3v) is 3.53. The minimum Gasteiger partial charge on any atom is -0.493 e. The van der Waals surface area contributed by atoms with Crippen molar-refractivity contribution in [2.24, 2.45) is 0 Å². The number of rotatable bonds is 5. The van der Waals surface area contributed by atoms with Gasteiger partial charge in [-0.05, 0) is 15.9 Å². The first-order chi connectivity index (χ1) is 10.1. The highest BCUT2D eigenvalue weighted by atomic mass is 79.9. The summed E-state index contributed by atoms with van der Waals surface area (Å²) in [7, 11) is 4.66. The molecule has 8 heteroatoms. The molecule has 0 unspecified atom stereocenters. The minimum atomic E-state index is 0.347. The number of ether oxygens (including phenoxy) is 3. The van der Waals surface area contributed by atoms with Gasteiger partial charge in [-0.1, -0.05) is 0 Å². The Morgan fingerprint density at radius 1 is 1.05 bits per heavy atom. The first-order valence-corrected chi connectivity index (χ1v) is 6.73. The van der Waals surface area contributed by atoms with Crippen LogP contribution >= 0.6 is 15.9 Å². The number of halogens is 1. The van der Waals surface area contributed by atoms with Gasteiger partial charge in [0.25, 0.3) is 0 Å². The van der Waals surface area contributed by atoms with Crippen molar-refractivity contribution in [3.05, 3.63) is 22.9 Å². The zero-order chi connectivity index (χ0) is 15.4. The molecule has 7 nitrogen and oxygen atoms in total. The Balaban J connectivity index is 2.43. The summed E-state index contributed by atoms with van der Waals surface area (Å²) in [6, 6.07) is 3.54. The van der Waals surface area contributed by atoms with Gasteiger partial charge in [-0.3, -0.25) is 0 Å². The predicted octanol–water partition coefficient (Wildman–Crippen LogP) is 2.59. The number of nitrogens with two attached hydrogens (primary N) is 1. The number of nitrogen functional groups attached to an aromatic ring is 1. The van der Waals surface area contributed by atoms with Gasteiger partial charge in [0.2, 0.25) is 5.75 Å². The maximum atomic E-state index is 5.72. The molecule has 0 spiro atoms. The topological polar surface area (TPSA) is 91.5 Å². The van der Waals surface area contributed by atoms with E-state index in [1.54, 1.807) is 33.5 Å². The molecule has 3 N–H and O–H groups in total. The number of benzene rings is 1. The van der Waals surface area contributed by atoms with E-state index >= 15 is 0 Å². The van der Waals surface area contributed by atoms with E-state index in [0.717, 1.165) is 0 Å². The quantitative estimate of drug-likeness (QED) is 0.852. The monoisotopic (exact) mass is 354 g/mol. The Labute approximate surface area is 130 Å². The van der Waals surface area contributed by atoms with Crippen molar-refractivity contribution < 1.29 is 14.2 Å². The van der Waals surface area contributed by atoms with Crippen LogP contribution in [0.1, 0.15) is 0 Å². The lowest BCUT2D eigenvalue weighted by Crippen LogP contribution is -2.01. The van der Waals surface area contributed by atoms with E-state index in [1.165, 1.54) is 6.33 Å². The molecule has 0 saturated heterocycles. The average Bonchev–Trinajstić information content (AvgIpc) is 2.50. The lowest BCUT2D eigenvalue weighted by atomic mass is 10.2.